The van der Waals surface area contributed by atoms with Crippen LogP contribution in [0.25, 0.3) is 0 Å². The molecule has 0 heterocycles. The highest BCUT2D eigenvalue weighted by Gasteiger charge is 2.24. The zero-order valence-electron chi connectivity index (χ0n) is 42.4. The van der Waals surface area contributed by atoms with Crippen molar-refractivity contribution >= 4 is 11.9 Å². The number of carbonyl (C=O) groups is 2. The first-order valence-corrected chi connectivity index (χ1v) is 27.5. The van der Waals surface area contributed by atoms with E-state index in [2.05, 4.69) is 86.8 Å². The molecule has 3 N–H and O–H groups in total. The number of esters is 1. The van der Waals surface area contributed by atoms with Gasteiger partial charge in [-0.3, -0.25) is 9.59 Å². The van der Waals surface area contributed by atoms with Crippen molar-refractivity contribution in [1.29, 1.82) is 0 Å². The Balaban J connectivity index is 4.69. The maximum atomic E-state index is 13.2. The monoisotopic (exact) mass is 896 g/mol. The lowest BCUT2D eigenvalue weighted by molar-refractivity contribution is -0.151. The predicted octanol–water partition coefficient (Wildman–Crippen LogP) is 16.8. The van der Waals surface area contributed by atoms with Gasteiger partial charge in [0.1, 0.15) is 6.10 Å². The second-order valence-corrected chi connectivity index (χ2v) is 18.6. The third-order valence-corrected chi connectivity index (χ3v) is 12.3. The van der Waals surface area contributed by atoms with E-state index in [0.29, 0.717) is 19.3 Å². The van der Waals surface area contributed by atoms with Crippen molar-refractivity contribution in [3.05, 3.63) is 60.8 Å². The Bertz CT molecular complexity index is 1140. The van der Waals surface area contributed by atoms with Crippen LogP contribution in [0.4, 0.5) is 0 Å². The van der Waals surface area contributed by atoms with Crippen LogP contribution in [0.15, 0.2) is 60.8 Å². The summed E-state index contributed by atoms with van der Waals surface area (Å²) in [5.41, 5.74) is 0. The Morgan fingerprint density at radius 3 is 1.28 bits per heavy atom. The first kappa shape index (κ1) is 61.6. The zero-order chi connectivity index (χ0) is 46.7. The van der Waals surface area contributed by atoms with E-state index in [9.17, 15) is 19.8 Å². The fourth-order valence-corrected chi connectivity index (χ4v) is 8.12. The van der Waals surface area contributed by atoms with Gasteiger partial charge in [-0.1, -0.05) is 229 Å². The quantitative estimate of drug-likeness (QED) is 0.0321. The summed E-state index contributed by atoms with van der Waals surface area (Å²) in [6.07, 6.45) is 64.2. The van der Waals surface area contributed by atoms with Gasteiger partial charge in [-0.2, -0.15) is 0 Å². The molecule has 0 aliphatic carbocycles. The molecule has 0 aliphatic rings. The summed E-state index contributed by atoms with van der Waals surface area (Å²) in [5.74, 6) is -0.533. The summed E-state index contributed by atoms with van der Waals surface area (Å²) in [5, 5.41) is 23.8. The van der Waals surface area contributed by atoms with Gasteiger partial charge in [-0.25, -0.2) is 0 Å². The van der Waals surface area contributed by atoms with Crippen LogP contribution in [-0.4, -0.2) is 46.9 Å². The van der Waals surface area contributed by atoms with Crippen molar-refractivity contribution in [1.82, 2.24) is 5.32 Å². The van der Waals surface area contributed by atoms with Crippen molar-refractivity contribution in [3.8, 4) is 0 Å². The van der Waals surface area contributed by atoms with Crippen LogP contribution in [0.2, 0.25) is 0 Å². The Labute approximate surface area is 397 Å². The lowest BCUT2D eigenvalue weighted by atomic mass is 10.0. The molecule has 372 valence electrons. The largest absolute Gasteiger partial charge is 0.462 e. The third-order valence-electron chi connectivity index (χ3n) is 12.3. The van der Waals surface area contributed by atoms with Crippen molar-refractivity contribution in [2.75, 3.05) is 6.61 Å². The first-order valence-electron chi connectivity index (χ1n) is 27.5. The molecule has 3 atom stereocenters. The summed E-state index contributed by atoms with van der Waals surface area (Å²) in [6.45, 7) is 6.44. The first-order chi connectivity index (χ1) is 31.5. The summed E-state index contributed by atoms with van der Waals surface area (Å²) >= 11 is 0. The predicted molar refractivity (Wildman–Crippen MR) is 278 cm³/mol. The molecule has 1 amide bonds. The van der Waals surface area contributed by atoms with Crippen LogP contribution >= 0.6 is 0 Å². The highest BCUT2D eigenvalue weighted by atomic mass is 16.5. The Morgan fingerprint density at radius 2 is 0.812 bits per heavy atom. The number of nitrogens with one attached hydrogen (secondary N) is 1. The average molecular weight is 896 g/mol. The number of amides is 1. The summed E-state index contributed by atoms with van der Waals surface area (Å²) in [4.78, 5) is 26.2. The lowest BCUT2D eigenvalue weighted by Gasteiger charge is -2.24. The minimum absolute atomic E-state index is 0.0364. The lowest BCUT2D eigenvalue weighted by Crippen LogP contribution is -2.46. The van der Waals surface area contributed by atoms with E-state index in [-0.39, 0.29) is 24.9 Å². The van der Waals surface area contributed by atoms with E-state index in [1.165, 1.54) is 148 Å². The molecule has 0 aromatic rings. The SMILES string of the molecule is CCCCC/C=C\C/C=C\C/C=C\C/C=C\CCCC(CC(=O)NC(CO)C(O)CCCCCCCCCCCCCC)OC(=O)CCCCCCC/C=C/CCCCCCCCC. The van der Waals surface area contributed by atoms with Gasteiger partial charge < -0.3 is 20.3 Å². The van der Waals surface area contributed by atoms with Gasteiger partial charge in [0.05, 0.1) is 25.2 Å². The maximum Gasteiger partial charge on any atom is 0.306 e. The molecule has 0 spiro atoms. The number of rotatable bonds is 49. The molecule has 0 saturated heterocycles. The van der Waals surface area contributed by atoms with E-state index in [4.69, 9.17) is 4.74 Å². The molecule has 0 saturated carbocycles. The van der Waals surface area contributed by atoms with Gasteiger partial charge >= 0.3 is 5.97 Å². The number of unbranched alkanes of at least 4 members (excludes halogenated alkanes) is 27. The van der Waals surface area contributed by atoms with Gasteiger partial charge in [-0.05, 0) is 89.9 Å². The molecule has 3 unspecified atom stereocenters. The summed E-state index contributed by atoms with van der Waals surface area (Å²) in [6, 6.07) is -0.721. The number of carbonyl (C=O) groups excluding carboxylic acids is 2. The molecule has 64 heavy (non-hydrogen) atoms. The van der Waals surface area contributed by atoms with E-state index >= 15 is 0 Å². The normalized spacial score (nSPS) is 13.6. The van der Waals surface area contributed by atoms with E-state index in [1.54, 1.807) is 0 Å². The third kappa shape index (κ3) is 46.1. The number of hydrogen-bond donors (Lipinski definition) is 3. The molecule has 0 bridgehead atoms. The molecule has 6 heteroatoms. The van der Waals surface area contributed by atoms with E-state index in [1.807, 2.05) is 0 Å². The fourth-order valence-electron chi connectivity index (χ4n) is 8.12. The van der Waals surface area contributed by atoms with Gasteiger partial charge in [0.25, 0.3) is 0 Å². The number of aliphatic hydroxyl groups is 2. The highest BCUT2D eigenvalue weighted by Crippen LogP contribution is 2.17. The van der Waals surface area contributed by atoms with E-state index in [0.717, 1.165) is 77.0 Å². The smallest absolute Gasteiger partial charge is 0.306 e. The van der Waals surface area contributed by atoms with Crippen LogP contribution < -0.4 is 5.32 Å². The second kappa shape index (κ2) is 51.5. The molecule has 0 rings (SSSR count). The topological polar surface area (TPSA) is 95.9 Å². The Kier molecular flexibility index (Phi) is 49.6. The van der Waals surface area contributed by atoms with Crippen molar-refractivity contribution in [3.63, 3.8) is 0 Å². The van der Waals surface area contributed by atoms with Crippen molar-refractivity contribution < 1.29 is 24.5 Å². The molecule has 0 aliphatic heterocycles. The molecule has 0 fully saturated rings. The molecule has 6 nitrogen and oxygen atoms in total. The van der Waals surface area contributed by atoms with Crippen molar-refractivity contribution in [2.45, 2.75) is 289 Å². The summed E-state index contributed by atoms with van der Waals surface area (Å²) in [7, 11) is 0. The minimum atomic E-state index is -0.804. The number of ether oxygens (including phenoxy) is 1. The minimum Gasteiger partial charge on any atom is -0.462 e. The zero-order valence-corrected chi connectivity index (χ0v) is 42.4. The summed E-state index contributed by atoms with van der Waals surface area (Å²) < 4.78 is 5.92. The van der Waals surface area contributed by atoms with Crippen LogP contribution in [0.1, 0.15) is 271 Å². The van der Waals surface area contributed by atoms with Crippen LogP contribution in [0, 0.1) is 0 Å². The number of allylic oxidation sites excluding steroid dienone is 10. The molecule has 0 aromatic heterocycles. The van der Waals surface area contributed by atoms with Crippen molar-refractivity contribution in [2.24, 2.45) is 0 Å². The average Bonchev–Trinajstić information content (AvgIpc) is 3.29. The van der Waals surface area contributed by atoms with Crippen LogP contribution in [0.5, 0.6) is 0 Å². The fraction of sp³-hybridized carbons (Fsp3) is 0.793. The van der Waals surface area contributed by atoms with Gasteiger partial charge in [0.2, 0.25) is 5.91 Å². The van der Waals surface area contributed by atoms with E-state index < -0.39 is 18.2 Å². The maximum absolute atomic E-state index is 13.2. The molecule has 0 aromatic carbocycles. The van der Waals surface area contributed by atoms with Crippen LogP contribution in [-0.2, 0) is 14.3 Å². The molecule has 0 radical (unpaired) electrons. The number of aliphatic hydroxyl groups excluding tert-OH is 2. The Morgan fingerprint density at radius 1 is 0.453 bits per heavy atom. The van der Waals surface area contributed by atoms with Gasteiger partial charge in [0, 0.05) is 6.42 Å². The van der Waals surface area contributed by atoms with Gasteiger partial charge in [0.15, 0.2) is 0 Å². The standard InChI is InChI=1S/C58H105NO5/c1-4-7-10-13-16-19-22-25-27-29-30-32-34-37-40-43-46-49-54(64-58(63)51-48-45-42-39-36-33-31-28-26-23-20-17-14-11-8-5-2)52-57(62)59-55(53-60)56(61)50-47-44-41-38-35-24-21-18-15-12-9-6-3/h16,19,25,27-28,30-32,37,40,54-56,60-61H,4-15,17-18,20-24,26,29,33-36,38-39,41-53H2,1-3H3,(H,59,62)/b19-16-,27-25-,31-28+,32-30-,40-37-. The second-order valence-electron chi connectivity index (χ2n) is 18.6. The number of hydrogen-bond acceptors (Lipinski definition) is 5. The highest BCUT2D eigenvalue weighted by molar-refractivity contribution is 5.77. The Hall–Kier alpha value is -2.44. The van der Waals surface area contributed by atoms with Crippen LogP contribution in [0.3, 0.4) is 0 Å². The molecular weight excluding hydrogens is 791 g/mol. The molecular formula is C58H105NO5. The van der Waals surface area contributed by atoms with Gasteiger partial charge in [-0.15, -0.1) is 0 Å².